The van der Waals surface area contributed by atoms with E-state index in [4.69, 9.17) is 4.74 Å². The predicted molar refractivity (Wildman–Crippen MR) is 107 cm³/mol. The van der Waals surface area contributed by atoms with Gasteiger partial charge in [0.25, 0.3) is 0 Å². The molecular weight excluding hydrogens is 352 g/mol. The molecule has 1 aliphatic rings. The van der Waals surface area contributed by atoms with Gasteiger partial charge in [-0.15, -0.1) is 0 Å². The van der Waals surface area contributed by atoms with E-state index in [1.165, 1.54) is 0 Å². The van der Waals surface area contributed by atoms with E-state index in [-0.39, 0.29) is 17.6 Å². The van der Waals surface area contributed by atoms with E-state index in [0.717, 1.165) is 28.1 Å². The summed E-state index contributed by atoms with van der Waals surface area (Å²) >= 11 is 0. The lowest BCUT2D eigenvalue weighted by molar-refractivity contribution is -0.577. The molecule has 1 atom stereocenters. The van der Waals surface area contributed by atoms with Crippen molar-refractivity contribution in [2.45, 2.75) is 59.2 Å². The van der Waals surface area contributed by atoms with Gasteiger partial charge in [0.1, 0.15) is 5.75 Å². The Morgan fingerprint density at radius 1 is 1.07 bits per heavy atom. The molecule has 0 aromatic heterocycles. The van der Waals surface area contributed by atoms with Crippen LogP contribution in [0.2, 0.25) is 0 Å². The number of benzene rings is 2. The number of hydrogen-bond donors (Lipinski definition) is 0. The van der Waals surface area contributed by atoms with Gasteiger partial charge in [0.2, 0.25) is 5.22 Å². The molecular formula is C22H27N4O2+. The Labute approximate surface area is 165 Å². The molecule has 0 saturated heterocycles. The van der Waals surface area contributed by atoms with Gasteiger partial charge in [-0.2, -0.15) is 0 Å². The Balaban J connectivity index is 2.04. The Morgan fingerprint density at radius 3 is 2.21 bits per heavy atom. The zero-order chi connectivity index (χ0) is 20.3. The van der Waals surface area contributed by atoms with Gasteiger partial charge >= 0.3 is 6.35 Å². The maximum atomic E-state index is 12.4. The van der Waals surface area contributed by atoms with Crippen molar-refractivity contribution in [1.82, 2.24) is 0 Å². The summed E-state index contributed by atoms with van der Waals surface area (Å²) in [4.78, 5) is 12.4. The van der Waals surface area contributed by atoms with E-state index in [1.54, 1.807) is 4.70 Å². The van der Waals surface area contributed by atoms with Crippen molar-refractivity contribution in [3.8, 4) is 5.75 Å². The number of para-hydroxylation sites is 1. The quantitative estimate of drug-likeness (QED) is 0.414. The van der Waals surface area contributed by atoms with Crippen LogP contribution in [0.15, 0.2) is 58.0 Å². The molecule has 0 bridgehead atoms. The third-order valence-electron chi connectivity index (χ3n) is 4.77. The second-order valence-corrected chi connectivity index (χ2v) is 7.49. The number of carbonyl (C=O) groups excluding carboxylic acids is 1. The maximum absolute atomic E-state index is 12.4. The Bertz CT molecular complexity index is 888. The SMILES string of the molecule is CCC(=O)c1cc(C(C)C)c(O[C@@H]2N=NN=[N+]2c2ccccc2)c(C(C)C)c1. The van der Waals surface area contributed by atoms with Crippen LogP contribution in [0, 0.1) is 0 Å². The van der Waals surface area contributed by atoms with Crippen molar-refractivity contribution in [2.75, 3.05) is 0 Å². The van der Waals surface area contributed by atoms with Crippen molar-refractivity contribution in [2.24, 2.45) is 15.6 Å². The van der Waals surface area contributed by atoms with Crippen molar-refractivity contribution < 1.29 is 14.2 Å². The van der Waals surface area contributed by atoms with Gasteiger partial charge in [-0.25, -0.2) is 0 Å². The zero-order valence-electron chi connectivity index (χ0n) is 17.1. The normalized spacial score (nSPS) is 16.0. The molecule has 6 nitrogen and oxygen atoms in total. The van der Waals surface area contributed by atoms with Crippen LogP contribution < -0.4 is 4.74 Å². The molecule has 1 heterocycles. The minimum absolute atomic E-state index is 0.136. The van der Waals surface area contributed by atoms with E-state index in [0.29, 0.717) is 6.42 Å². The molecule has 0 saturated carbocycles. The average Bonchev–Trinajstić information content (AvgIpc) is 3.15. The van der Waals surface area contributed by atoms with Crippen LogP contribution in [-0.4, -0.2) is 16.8 Å². The molecule has 0 amide bonds. The van der Waals surface area contributed by atoms with E-state index in [1.807, 2.05) is 49.4 Å². The topological polar surface area (TPSA) is 66.4 Å². The minimum atomic E-state index is -0.676. The van der Waals surface area contributed by atoms with Crippen molar-refractivity contribution in [1.29, 1.82) is 0 Å². The van der Waals surface area contributed by atoms with Gasteiger partial charge in [0.05, 0.1) is 0 Å². The summed E-state index contributed by atoms with van der Waals surface area (Å²) in [5.41, 5.74) is 3.59. The molecule has 0 aliphatic carbocycles. The molecule has 0 fully saturated rings. The average molecular weight is 379 g/mol. The summed E-state index contributed by atoms with van der Waals surface area (Å²) in [7, 11) is 0. The van der Waals surface area contributed by atoms with Gasteiger partial charge in [-0.05, 0) is 47.2 Å². The van der Waals surface area contributed by atoms with Crippen LogP contribution >= 0.6 is 0 Å². The summed E-state index contributed by atoms with van der Waals surface area (Å²) < 4.78 is 8.01. The van der Waals surface area contributed by atoms with Gasteiger partial charge in [0, 0.05) is 17.1 Å². The predicted octanol–water partition coefficient (Wildman–Crippen LogP) is 6.37. The summed E-state index contributed by atoms with van der Waals surface area (Å²) in [5, 5.41) is 12.1. The molecule has 1 aliphatic heterocycles. The van der Waals surface area contributed by atoms with E-state index < -0.39 is 6.35 Å². The lowest BCUT2D eigenvalue weighted by atomic mass is 9.90. The molecule has 0 N–H and O–H groups in total. The molecule has 2 aromatic rings. The fraction of sp³-hybridized carbons (Fsp3) is 0.409. The van der Waals surface area contributed by atoms with Crippen LogP contribution in [0.5, 0.6) is 5.75 Å². The van der Waals surface area contributed by atoms with Crippen LogP contribution in [0.4, 0.5) is 5.69 Å². The largest absolute Gasteiger partial charge is 0.429 e. The number of rotatable bonds is 7. The number of Topliss-reactive ketones (excluding diaryl/α,β-unsaturated/α-hetero) is 1. The van der Waals surface area contributed by atoms with Crippen LogP contribution in [0.25, 0.3) is 0 Å². The van der Waals surface area contributed by atoms with E-state index >= 15 is 0 Å². The first-order chi connectivity index (χ1) is 13.4. The molecule has 146 valence electrons. The summed E-state index contributed by atoms with van der Waals surface area (Å²) in [6.07, 6.45) is -0.197. The summed E-state index contributed by atoms with van der Waals surface area (Å²) in [6, 6.07) is 13.6. The number of nitrogens with zero attached hydrogens (tertiary/aromatic N) is 4. The Kier molecular flexibility index (Phi) is 5.97. The molecule has 0 radical (unpaired) electrons. The first-order valence-electron chi connectivity index (χ1n) is 9.75. The molecule has 6 heteroatoms. The monoisotopic (exact) mass is 379 g/mol. The first-order valence-corrected chi connectivity index (χ1v) is 9.75. The lowest BCUT2D eigenvalue weighted by Gasteiger charge is -2.22. The van der Waals surface area contributed by atoms with Crippen LogP contribution in [0.3, 0.4) is 0 Å². The highest BCUT2D eigenvalue weighted by Gasteiger charge is 2.32. The highest BCUT2D eigenvalue weighted by Crippen LogP contribution is 2.38. The van der Waals surface area contributed by atoms with Crippen LogP contribution in [-0.2, 0) is 0 Å². The highest BCUT2D eigenvalue weighted by atomic mass is 16.5. The Hall–Kier alpha value is -2.89. The van der Waals surface area contributed by atoms with E-state index in [9.17, 15) is 4.79 Å². The highest BCUT2D eigenvalue weighted by molar-refractivity contribution is 5.96. The standard InChI is InChI=1S/C22H27N4O2/c1-6-20(27)16-12-18(14(2)3)21(19(13-16)15(4)5)28-22-23-24-25-26(22)17-10-8-7-9-11-17/h7-15,22H,6H2,1-5H3/q+1/t22-/m1/s1. The van der Waals surface area contributed by atoms with Gasteiger partial charge in [0.15, 0.2) is 16.7 Å². The fourth-order valence-corrected chi connectivity index (χ4v) is 3.18. The van der Waals surface area contributed by atoms with Gasteiger partial charge in [-0.1, -0.05) is 57.5 Å². The third kappa shape index (κ3) is 4.01. The number of ether oxygens (including phenoxy) is 1. The number of hydrogen-bond acceptors (Lipinski definition) is 5. The van der Waals surface area contributed by atoms with E-state index in [2.05, 4.69) is 43.3 Å². The molecule has 0 spiro atoms. The van der Waals surface area contributed by atoms with Gasteiger partial charge < -0.3 is 4.74 Å². The number of ketones is 1. The Morgan fingerprint density at radius 2 is 1.68 bits per heavy atom. The van der Waals surface area contributed by atoms with Crippen molar-refractivity contribution in [3.05, 3.63) is 59.2 Å². The minimum Gasteiger partial charge on any atom is -0.429 e. The third-order valence-corrected chi connectivity index (χ3v) is 4.77. The number of carbonyl (C=O) groups is 1. The van der Waals surface area contributed by atoms with Crippen molar-refractivity contribution >= 4 is 11.5 Å². The van der Waals surface area contributed by atoms with Gasteiger partial charge in [-0.3, -0.25) is 4.79 Å². The van der Waals surface area contributed by atoms with Crippen molar-refractivity contribution in [3.63, 3.8) is 0 Å². The first kappa shape index (κ1) is 19.9. The molecule has 2 aromatic carbocycles. The maximum Gasteiger partial charge on any atom is 0.406 e. The summed E-state index contributed by atoms with van der Waals surface area (Å²) in [6.45, 7) is 10.3. The molecule has 28 heavy (non-hydrogen) atoms. The fourth-order valence-electron chi connectivity index (χ4n) is 3.18. The lowest BCUT2D eigenvalue weighted by Crippen LogP contribution is -2.24. The van der Waals surface area contributed by atoms with Crippen LogP contribution in [0.1, 0.15) is 74.4 Å². The molecule has 3 rings (SSSR count). The summed E-state index contributed by atoms with van der Waals surface area (Å²) in [5.74, 6) is 1.28. The zero-order valence-corrected chi connectivity index (χ0v) is 17.1. The second kappa shape index (κ2) is 8.42. The smallest absolute Gasteiger partial charge is 0.406 e. The molecule has 0 unspecified atom stereocenters. The second-order valence-electron chi connectivity index (χ2n) is 7.49.